The number of fused-ring (bicyclic) bond motifs is 1. The molecule has 2 rings (SSSR count). The quantitative estimate of drug-likeness (QED) is 0.844. The summed E-state index contributed by atoms with van der Waals surface area (Å²) in [4.78, 5) is 11.5. The summed E-state index contributed by atoms with van der Waals surface area (Å²) < 4.78 is 5.22. The van der Waals surface area contributed by atoms with Gasteiger partial charge >= 0.3 is 6.03 Å². The lowest BCUT2D eigenvalue weighted by Gasteiger charge is -2.28. The van der Waals surface area contributed by atoms with Gasteiger partial charge in [0, 0.05) is 11.3 Å². The van der Waals surface area contributed by atoms with Gasteiger partial charge in [-0.3, -0.25) is 0 Å². The minimum atomic E-state index is -0.131. The first-order chi connectivity index (χ1) is 8.10. The second-order valence-corrected chi connectivity index (χ2v) is 4.73. The summed E-state index contributed by atoms with van der Waals surface area (Å²) in [6, 6.07) is 5.66. The molecular weight excluding hydrogens is 216 g/mol. The van der Waals surface area contributed by atoms with Gasteiger partial charge in [-0.15, -0.1) is 0 Å². The highest BCUT2D eigenvalue weighted by atomic mass is 16.5. The van der Waals surface area contributed by atoms with E-state index in [1.165, 1.54) is 0 Å². The smallest absolute Gasteiger partial charge is 0.319 e. The Kier molecular flexibility index (Phi) is 3.22. The number of methoxy groups -OCH3 is 1. The molecule has 1 aromatic carbocycles. The van der Waals surface area contributed by atoms with Crippen molar-refractivity contribution in [3.63, 3.8) is 0 Å². The molecule has 1 unspecified atom stereocenters. The summed E-state index contributed by atoms with van der Waals surface area (Å²) >= 11 is 0. The summed E-state index contributed by atoms with van der Waals surface area (Å²) in [5.74, 6) is 1.34. The second kappa shape index (κ2) is 4.65. The van der Waals surface area contributed by atoms with Crippen LogP contribution in [0, 0.1) is 5.92 Å². The molecule has 1 aliphatic rings. The number of amides is 2. The van der Waals surface area contributed by atoms with Crippen LogP contribution >= 0.6 is 0 Å². The van der Waals surface area contributed by atoms with Crippen molar-refractivity contribution in [1.29, 1.82) is 0 Å². The number of nitrogens with one attached hydrogen (secondary N) is 2. The Morgan fingerprint density at radius 1 is 1.41 bits per heavy atom. The predicted octanol–water partition coefficient (Wildman–Crippen LogP) is 2.92. The van der Waals surface area contributed by atoms with E-state index in [2.05, 4.69) is 24.5 Å². The second-order valence-electron chi connectivity index (χ2n) is 4.73. The highest BCUT2D eigenvalue weighted by Crippen LogP contribution is 2.33. The first kappa shape index (κ1) is 11.8. The van der Waals surface area contributed by atoms with Gasteiger partial charge in [0.25, 0.3) is 0 Å². The first-order valence-electron chi connectivity index (χ1n) is 5.85. The Balaban J connectivity index is 2.35. The van der Waals surface area contributed by atoms with E-state index in [1.807, 2.05) is 18.2 Å². The van der Waals surface area contributed by atoms with Gasteiger partial charge in [0.05, 0.1) is 13.2 Å². The predicted molar refractivity (Wildman–Crippen MR) is 67.3 cm³/mol. The van der Waals surface area contributed by atoms with Crippen LogP contribution in [0.15, 0.2) is 18.2 Å². The molecule has 2 amide bonds. The lowest BCUT2D eigenvalue weighted by atomic mass is 9.94. The minimum Gasteiger partial charge on any atom is -0.497 e. The highest BCUT2D eigenvalue weighted by Gasteiger charge is 2.24. The molecule has 0 spiro atoms. The first-order valence-corrected chi connectivity index (χ1v) is 5.85. The molecule has 4 nitrogen and oxygen atoms in total. The Bertz CT molecular complexity index is 429. The van der Waals surface area contributed by atoms with E-state index in [9.17, 15) is 4.79 Å². The molecule has 4 heteroatoms. The molecule has 1 heterocycles. The van der Waals surface area contributed by atoms with Crippen molar-refractivity contribution in [2.45, 2.75) is 26.3 Å². The van der Waals surface area contributed by atoms with Crippen LogP contribution < -0.4 is 15.4 Å². The van der Waals surface area contributed by atoms with Gasteiger partial charge in [-0.1, -0.05) is 13.8 Å². The van der Waals surface area contributed by atoms with E-state index in [-0.39, 0.29) is 12.1 Å². The lowest BCUT2D eigenvalue weighted by molar-refractivity contribution is 0.245. The van der Waals surface area contributed by atoms with Crippen molar-refractivity contribution in [3.8, 4) is 5.75 Å². The van der Waals surface area contributed by atoms with Crippen molar-refractivity contribution in [1.82, 2.24) is 5.32 Å². The fraction of sp³-hybridized carbons (Fsp3) is 0.462. The summed E-state index contributed by atoms with van der Waals surface area (Å²) in [5.41, 5.74) is 1.97. The molecule has 0 radical (unpaired) electrons. The lowest BCUT2D eigenvalue weighted by Crippen LogP contribution is -2.38. The molecule has 92 valence electrons. The minimum absolute atomic E-state index is 0.0637. The molecule has 1 atom stereocenters. The summed E-state index contributed by atoms with van der Waals surface area (Å²) in [6.45, 7) is 4.29. The zero-order valence-electron chi connectivity index (χ0n) is 10.4. The zero-order chi connectivity index (χ0) is 12.4. The van der Waals surface area contributed by atoms with E-state index in [0.717, 1.165) is 23.4 Å². The van der Waals surface area contributed by atoms with Gasteiger partial charge in [-0.05, 0) is 30.5 Å². The van der Waals surface area contributed by atoms with Crippen LogP contribution in [0.4, 0.5) is 10.5 Å². The Hall–Kier alpha value is -1.71. The molecule has 0 aromatic heterocycles. The summed E-state index contributed by atoms with van der Waals surface area (Å²) in [6.07, 6.45) is 0.924. The number of carbonyl (C=O) groups excluding carboxylic acids is 1. The van der Waals surface area contributed by atoms with Gasteiger partial charge in [0.2, 0.25) is 0 Å². The Morgan fingerprint density at radius 3 is 2.82 bits per heavy atom. The van der Waals surface area contributed by atoms with Crippen LogP contribution in [0.3, 0.4) is 0 Å². The van der Waals surface area contributed by atoms with Crippen LogP contribution in [-0.4, -0.2) is 13.1 Å². The number of hydrogen-bond donors (Lipinski definition) is 2. The van der Waals surface area contributed by atoms with Crippen LogP contribution in [0.2, 0.25) is 0 Å². The van der Waals surface area contributed by atoms with Gasteiger partial charge in [0.1, 0.15) is 5.75 Å². The van der Waals surface area contributed by atoms with Gasteiger partial charge in [-0.2, -0.15) is 0 Å². The number of anilines is 1. The van der Waals surface area contributed by atoms with Crippen molar-refractivity contribution < 1.29 is 9.53 Å². The average Bonchev–Trinajstić information content (AvgIpc) is 2.27. The topological polar surface area (TPSA) is 50.4 Å². The van der Waals surface area contributed by atoms with Gasteiger partial charge < -0.3 is 15.4 Å². The molecule has 1 aliphatic heterocycles. The molecule has 1 aromatic rings. The number of carbonyl (C=O) groups is 1. The van der Waals surface area contributed by atoms with Crippen molar-refractivity contribution in [3.05, 3.63) is 23.8 Å². The molecule has 0 fully saturated rings. The number of ether oxygens (including phenoxy) is 1. The largest absolute Gasteiger partial charge is 0.497 e. The van der Waals surface area contributed by atoms with Crippen molar-refractivity contribution in [2.24, 2.45) is 5.92 Å². The maximum atomic E-state index is 11.5. The van der Waals surface area contributed by atoms with Crippen LogP contribution in [0.1, 0.15) is 31.9 Å². The van der Waals surface area contributed by atoms with Crippen molar-refractivity contribution in [2.75, 3.05) is 12.4 Å². The van der Waals surface area contributed by atoms with Crippen LogP contribution in [0.25, 0.3) is 0 Å². The third-order valence-corrected chi connectivity index (χ3v) is 2.89. The third kappa shape index (κ3) is 2.52. The normalized spacial score (nSPS) is 18.4. The Morgan fingerprint density at radius 2 is 2.18 bits per heavy atom. The molecule has 0 aliphatic carbocycles. The van der Waals surface area contributed by atoms with Crippen LogP contribution in [-0.2, 0) is 0 Å². The highest BCUT2D eigenvalue weighted by molar-refractivity contribution is 5.93. The molecule has 0 bridgehead atoms. The standard InChI is InChI=1S/C13H18N2O2/c1-8(2)6-12-10-7-9(17-3)4-5-11(10)14-13(16)15-12/h4-5,7-8,12H,6H2,1-3H3,(H2,14,15,16). The fourth-order valence-electron chi connectivity index (χ4n) is 2.12. The van der Waals surface area contributed by atoms with E-state index in [1.54, 1.807) is 7.11 Å². The van der Waals surface area contributed by atoms with Gasteiger partial charge in [-0.25, -0.2) is 4.79 Å². The Labute approximate surface area is 101 Å². The van der Waals surface area contributed by atoms with E-state index < -0.39 is 0 Å². The van der Waals surface area contributed by atoms with Gasteiger partial charge in [0.15, 0.2) is 0 Å². The van der Waals surface area contributed by atoms with E-state index in [0.29, 0.717) is 5.92 Å². The van der Waals surface area contributed by atoms with E-state index in [4.69, 9.17) is 4.74 Å². The molecule has 0 saturated carbocycles. The molecule has 2 N–H and O–H groups in total. The van der Waals surface area contributed by atoms with Crippen molar-refractivity contribution >= 4 is 11.7 Å². The van der Waals surface area contributed by atoms with E-state index >= 15 is 0 Å². The monoisotopic (exact) mass is 234 g/mol. The number of benzene rings is 1. The maximum Gasteiger partial charge on any atom is 0.319 e. The number of hydrogen-bond acceptors (Lipinski definition) is 2. The van der Waals surface area contributed by atoms with Crippen LogP contribution in [0.5, 0.6) is 5.75 Å². The SMILES string of the molecule is COc1ccc2c(c1)C(CC(C)C)NC(=O)N2. The molecule has 17 heavy (non-hydrogen) atoms. The number of urea groups is 1. The molecular formula is C13H18N2O2. The third-order valence-electron chi connectivity index (χ3n) is 2.89. The fourth-order valence-corrected chi connectivity index (χ4v) is 2.12. The average molecular weight is 234 g/mol. The maximum absolute atomic E-state index is 11.5. The summed E-state index contributed by atoms with van der Waals surface area (Å²) in [5, 5.41) is 5.76. The molecule has 0 saturated heterocycles. The zero-order valence-corrected chi connectivity index (χ0v) is 10.4. The summed E-state index contributed by atoms with van der Waals surface area (Å²) in [7, 11) is 1.65. The number of rotatable bonds is 3.